The Morgan fingerprint density at radius 2 is 1.75 bits per heavy atom. The van der Waals surface area contributed by atoms with Gasteiger partial charge in [0.2, 0.25) is 0 Å². The van der Waals surface area contributed by atoms with Gasteiger partial charge in [-0.05, 0) is 79.7 Å². The fourth-order valence-electron chi connectivity index (χ4n) is 3.68. The van der Waals surface area contributed by atoms with E-state index < -0.39 is 5.97 Å². The maximum absolute atomic E-state index is 13.0. The molecule has 0 radical (unpaired) electrons. The number of benzene rings is 2. The first kappa shape index (κ1) is 21.9. The van der Waals surface area contributed by atoms with Gasteiger partial charge in [0, 0.05) is 16.4 Å². The summed E-state index contributed by atoms with van der Waals surface area (Å²) in [6.07, 6.45) is 1.71. The van der Waals surface area contributed by atoms with Crippen molar-refractivity contribution >= 4 is 52.2 Å². The summed E-state index contributed by atoms with van der Waals surface area (Å²) < 4.78 is 6.85. The van der Waals surface area contributed by atoms with Gasteiger partial charge in [-0.15, -0.1) is 0 Å². The second kappa shape index (κ2) is 8.68. The van der Waals surface area contributed by atoms with Gasteiger partial charge in [0.15, 0.2) is 0 Å². The van der Waals surface area contributed by atoms with Gasteiger partial charge in [-0.3, -0.25) is 9.59 Å². The minimum Gasteiger partial charge on any atom is -0.465 e. The number of imide groups is 1. The van der Waals surface area contributed by atoms with Crippen LogP contribution in [0, 0.1) is 13.8 Å². The number of hydrogen-bond donors (Lipinski definition) is 0. The lowest BCUT2D eigenvalue weighted by Crippen LogP contribution is -2.27. The number of para-hydroxylation sites is 1. The van der Waals surface area contributed by atoms with Crippen LogP contribution in [-0.2, 0) is 9.53 Å². The van der Waals surface area contributed by atoms with Gasteiger partial charge in [-0.25, -0.2) is 9.69 Å². The number of aromatic nitrogens is 1. The van der Waals surface area contributed by atoms with Crippen molar-refractivity contribution in [2.24, 2.45) is 0 Å². The van der Waals surface area contributed by atoms with Gasteiger partial charge < -0.3 is 9.30 Å². The average molecular weight is 467 g/mol. The molecule has 4 rings (SSSR count). The molecule has 1 saturated heterocycles. The molecule has 6 nitrogen and oxygen atoms in total. The van der Waals surface area contributed by atoms with Crippen LogP contribution in [0.1, 0.15) is 27.3 Å². The van der Waals surface area contributed by atoms with E-state index in [0.29, 0.717) is 26.9 Å². The van der Waals surface area contributed by atoms with Crippen molar-refractivity contribution in [2.75, 3.05) is 12.0 Å². The van der Waals surface area contributed by atoms with E-state index in [2.05, 4.69) is 0 Å². The fraction of sp³-hybridized carbons (Fsp3) is 0.125. The highest BCUT2D eigenvalue weighted by atomic mass is 35.5. The topological polar surface area (TPSA) is 68.6 Å². The maximum atomic E-state index is 13.0. The normalized spacial score (nSPS) is 15.0. The van der Waals surface area contributed by atoms with Gasteiger partial charge in [0.25, 0.3) is 11.1 Å². The highest BCUT2D eigenvalue weighted by molar-refractivity contribution is 8.19. The van der Waals surface area contributed by atoms with E-state index in [0.717, 1.165) is 33.6 Å². The third-order valence-corrected chi connectivity index (χ3v) is 6.31. The summed E-state index contributed by atoms with van der Waals surface area (Å²) in [6, 6.07) is 15.6. The molecule has 0 unspecified atom stereocenters. The van der Waals surface area contributed by atoms with Gasteiger partial charge in [-0.1, -0.05) is 23.7 Å². The number of aryl methyl sites for hydroxylation is 1. The molecule has 32 heavy (non-hydrogen) atoms. The molecular weight excluding hydrogens is 448 g/mol. The largest absolute Gasteiger partial charge is 0.465 e. The van der Waals surface area contributed by atoms with E-state index in [4.69, 9.17) is 16.3 Å². The number of esters is 1. The van der Waals surface area contributed by atoms with Crippen LogP contribution in [0.25, 0.3) is 11.8 Å². The predicted molar refractivity (Wildman–Crippen MR) is 126 cm³/mol. The Morgan fingerprint density at radius 1 is 1.06 bits per heavy atom. The highest BCUT2D eigenvalue weighted by Crippen LogP contribution is 2.37. The van der Waals surface area contributed by atoms with E-state index in [-0.39, 0.29) is 11.1 Å². The number of methoxy groups -OCH3 is 1. The Kier molecular flexibility index (Phi) is 5.95. The molecule has 162 valence electrons. The van der Waals surface area contributed by atoms with E-state index in [1.54, 1.807) is 42.5 Å². The molecule has 0 saturated carbocycles. The summed E-state index contributed by atoms with van der Waals surface area (Å²) in [5, 5.41) is 0.157. The number of hydrogen-bond acceptors (Lipinski definition) is 5. The summed E-state index contributed by atoms with van der Waals surface area (Å²) >= 11 is 6.81. The van der Waals surface area contributed by atoms with E-state index in [1.165, 1.54) is 7.11 Å². The number of halogens is 1. The predicted octanol–water partition coefficient (Wildman–Crippen LogP) is 5.78. The van der Waals surface area contributed by atoms with E-state index in [1.807, 2.05) is 36.6 Å². The molecule has 2 heterocycles. The minimum absolute atomic E-state index is 0.325. The number of carbonyl (C=O) groups excluding carboxylic acids is 3. The van der Waals surface area contributed by atoms with Crippen molar-refractivity contribution in [2.45, 2.75) is 13.8 Å². The molecule has 1 aliphatic rings. The molecule has 0 aliphatic carbocycles. The number of amides is 2. The van der Waals surface area contributed by atoms with Crippen molar-refractivity contribution < 1.29 is 19.1 Å². The highest BCUT2D eigenvalue weighted by Gasteiger charge is 2.36. The zero-order valence-electron chi connectivity index (χ0n) is 17.6. The molecule has 0 spiro atoms. The summed E-state index contributed by atoms with van der Waals surface area (Å²) in [5.74, 6) is -0.819. The summed E-state index contributed by atoms with van der Waals surface area (Å²) in [4.78, 5) is 39.2. The molecule has 0 N–H and O–H groups in total. The molecule has 1 fully saturated rings. The number of nitrogens with zero attached hydrogens (tertiary/aromatic N) is 2. The molecule has 3 aromatic rings. The summed E-state index contributed by atoms with van der Waals surface area (Å²) in [7, 11) is 1.34. The molecule has 2 aromatic carbocycles. The lowest BCUT2D eigenvalue weighted by molar-refractivity contribution is -0.113. The average Bonchev–Trinajstić information content (AvgIpc) is 3.22. The van der Waals surface area contributed by atoms with Crippen molar-refractivity contribution in [3.63, 3.8) is 0 Å². The lowest BCUT2D eigenvalue weighted by atomic mass is 10.1. The van der Waals surface area contributed by atoms with Crippen LogP contribution >= 0.6 is 23.4 Å². The first-order valence-corrected chi connectivity index (χ1v) is 10.9. The molecule has 2 amide bonds. The SMILES string of the molecule is COC(=O)c1ccccc1-n1c(C)cc(/C=C2/SC(=O)N(c3ccc(Cl)cc3)C2=O)c1C. The number of thioether (sulfide) groups is 1. The Balaban J connectivity index is 1.73. The van der Waals surface area contributed by atoms with Crippen molar-refractivity contribution in [3.05, 3.63) is 87.0 Å². The van der Waals surface area contributed by atoms with E-state index >= 15 is 0 Å². The number of carbonyl (C=O) groups is 3. The van der Waals surface area contributed by atoms with Crippen LogP contribution in [0.15, 0.2) is 59.5 Å². The van der Waals surface area contributed by atoms with E-state index in [9.17, 15) is 14.4 Å². The zero-order valence-corrected chi connectivity index (χ0v) is 19.2. The summed E-state index contributed by atoms with van der Waals surface area (Å²) in [5.41, 5.74) is 4.08. The van der Waals surface area contributed by atoms with Crippen molar-refractivity contribution in [1.29, 1.82) is 0 Å². The molecule has 0 bridgehead atoms. The number of rotatable bonds is 4. The van der Waals surface area contributed by atoms with Crippen LogP contribution in [0.2, 0.25) is 5.02 Å². The summed E-state index contributed by atoms with van der Waals surface area (Å²) in [6.45, 7) is 3.81. The number of ether oxygens (including phenoxy) is 1. The van der Waals surface area contributed by atoms with Gasteiger partial charge in [-0.2, -0.15) is 0 Å². The first-order chi connectivity index (χ1) is 15.3. The molecule has 0 atom stereocenters. The van der Waals surface area contributed by atoms with Gasteiger partial charge >= 0.3 is 5.97 Å². The molecule has 1 aromatic heterocycles. The van der Waals surface area contributed by atoms with Crippen molar-refractivity contribution in [3.8, 4) is 5.69 Å². The monoisotopic (exact) mass is 466 g/mol. The molecular formula is C24H19ClN2O4S. The zero-order chi connectivity index (χ0) is 23.0. The second-order valence-corrected chi connectivity index (χ2v) is 8.59. The third kappa shape index (κ3) is 3.85. The Morgan fingerprint density at radius 3 is 2.44 bits per heavy atom. The molecule has 1 aliphatic heterocycles. The fourth-order valence-corrected chi connectivity index (χ4v) is 4.64. The van der Waals surface area contributed by atoms with Gasteiger partial charge in [0.1, 0.15) is 0 Å². The Labute approximate surface area is 194 Å². The minimum atomic E-state index is -0.432. The smallest absolute Gasteiger partial charge is 0.339 e. The van der Waals surface area contributed by atoms with Crippen LogP contribution in [-0.4, -0.2) is 28.8 Å². The molecule has 8 heteroatoms. The third-order valence-electron chi connectivity index (χ3n) is 5.19. The van der Waals surface area contributed by atoms with Crippen LogP contribution < -0.4 is 4.90 Å². The van der Waals surface area contributed by atoms with Crippen molar-refractivity contribution in [1.82, 2.24) is 4.57 Å². The van der Waals surface area contributed by atoms with Crippen LogP contribution in [0.4, 0.5) is 10.5 Å². The lowest BCUT2D eigenvalue weighted by Gasteiger charge is -2.13. The first-order valence-electron chi connectivity index (χ1n) is 9.72. The maximum Gasteiger partial charge on any atom is 0.339 e. The van der Waals surface area contributed by atoms with Crippen LogP contribution in [0.3, 0.4) is 0 Å². The Hall–Kier alpha value is -3.29. The standard InChI is InChI=1S/C24H19ClN2O4S/c1-14-12-16(15(2)26(14)20-7-5-4-6-19(20)23(29)31-3)13-21-22(28)27(24(30)32-21)18-10-8-17(25)9-11-18/h4-13H,1-3H3/b21-13+. The Bertz CT molecular complexity index is 1280. The quantitative estimate of drug-likeness (QED) is 0.360. The van der Waals surface area contributed by atoms with Crippen LogP contribution in [0.5, 0.6) is 0 Å². The van der Waals surface area contributed by atoms with Gasteiger partial charge in [0.05, 0.1) is 29.0 Å². The second-order valence-electron chi connectivity index (χ2n) is 7.16. The number of anilines is 1.